The third-order valence-electron chi connectivity index (χ3n) is 3.43. The van der Waals surface area contributed by atoms with Crippen molar-refractivity contribution >= 4 is 26.7 Å². The largest absolute Gasteiger partial charge is 0.361 e. The Labute approximate surface area is 118 Å². The molecule has 0 aliphatic heterocycles. The van der Waals surface area contributed by atoms with Crippen LogP contribution in [0.25, 0.3) is 10.2 Å². The molecule has 19 heavy (non-hydrogen) atoms. The van der Waals surface area contributed by atoms with Crippen LogP contribution in [0.2, 0.25) is 0 Å². The van der Waals surface area contributed by atoms with Crippen LogP contribution in [-0.2, 0) is 0 Å². The Hall–Kier alpha value is -1.16. The van der Waals surface area contributed by atoms with Gasteiger partial charge in [-0.2, -0.15) is 0 Å². The van der Waals surface area contributed by atoms with Gasteiger partial charge in [-0.3, -0.25) is 0 Å². The van der Waals surface area contributed by atoms with E-state index in [0.717, 1.165) is 21.9 Å². The van der Waals surface area contributed by atoms with E-state index in [9.17, 15) is 4.39 Å². The SMILES string of the molecule is CCCCC(CC)CNc1nc2cc(F)ccc2s1. The van der Waals surface area contributed by atoms with Crippen LogP contribution < -0.4 is 5.32 Å². The highest BCUT2D eigenvalue weighted by Gasteiger charge is 2.08. The molecule has 104 valence electrons. The van der Waals surface area contributed by atoms with Crippen molar-refractivity contribution in [1.29, 1.82) is 0 Å². The molecule has 0 aliphatic carbocycles. The number of aromatic nitrogens is 1. The van der Waals surface area contributed by atoms with Gasteiger partial charge in [0.25, 0.3) is 0 Å². The number of unbranched alkanes of at least 4 members (excludes halogenated alkanes) is 1. The predicted molar refractivity (Wildman–Crippen MR) is 81.4 cm³/mol. The highest BCUT2D eigenvalue weighted by atomic mass is 32.1. The maximum atomic E-state index is 13.1. The molecule has 0 radical (unpaired) electrons. The average molecular weight is 280 g/mol. The molecule has 0 aliphatic rings. The van der Waals surface area contributed by atoms with Gasteiger partial charge >= 0.3 is 0 Å². The van der Waals surface area contributed by atoms with Crippen molar-refractivity contribution in [3.8, 4) is 0 Å². The maximum Gasteiger partial charge on any atom is 0.183 e. The normalized spacial score (nSPS) is 12.8. The van der Waals surface area contributed by atoms with Crippen molar-refractivity contribution in [2.75, 3.05) is 11.9 Å². The quantitative estimate of drug-likeness (QED) is 0.766. The van der Waals surface area contributed by atoms with Crippen molar-refractivity contribution in [1.82, 2.24) is 4.98 Å². The smallest absolute Gasteiger partial charge is 0.183 e. The minimum absolute atomic E-state index is 0.223. The number of rotatable bonds is 7. The van der Waals surface area contributed by atoms with E-state index in [4.69, 9.17) is 0 Å². The highest BCUT2D eigenvalue weighted by molar-refractivity contribution is 7.22. The van der Waals surface area contributed by atoms with Gasteiger partial charge in [0.15, 0.2) is 5.13 Å². The fourth-order valence-electron chi connectivity index (χ4n) is 2.15. The highest BCUT2D eigenvalue weighted by Crippen LogP contribution is 2.26. The number of nitrogens with zero attached hydrogens (tertiary/aromatic N) is 1. The van der Waals surface area contributed by atoms with E-state index in [1.165, 1.54) is 37.8 Å². The number of hydrogen-bond donors (Lipinski definition) is 1. The van der Waals surface area contributed by atoms with Gasteiger partial charge in [-0.05, 0) is 24.5 Å². The standard InChI is InChI=1S/C15H21FN2S/c1-3-5-6-11(4-2)10-17-15-18-13-9-12(16)7-8-14(13)19-15/h7-9,11H,3-6,10H2,1-2H3,(H,17,18). The first kappa shape index (κ1) is 14.3. The van der Waals surface area contributed by atoms with Crippen molar-refractivity contribution in [2.45, 2.75) is 39.5 Å². The third kappa shape index (κ3) is 3.90. The Morgan fingerprint density at radius 2 is 2.21 bits per heavy atom. The second-order valence-corrected chi connectivity index (χ2v) is 5.96. The second-order valence-electron chi connectivity index (χ2n) is 4.93. The summed E-state index contributed by atoms with van der Waals surface area (Å²) in [6.07, 6.45) is 4.98. The van der Waals surface area contributed by atoms with E-state index in [2.05, 4.69) is 24.1 Å². The molecule has 0 saturated carbocycles. The molecule has 1 atom stereocenters. The molecule has 0 amide bonds. The van der Waals surface area contributed by atoms with Crippen molar-refractivity contribution in [3.05, 3.63) is 24.0 Å². The maximum absolute atomic E-state index is 13.1. The average Bonchev–Trinajstić information content (AvgIpc) is 2.81. The molecule has 0 saturated heterocycles. The molecule has 1 heterocycles. The van der Waals surface area contributed by atoms with Gasteiger partial charge in [0.2, 0.25) is 0 Å². The molecule has 1 unspecified atom stereocenters. The second kappa shape index (κ2) is 6.85. The molecule has 1 aromatic carbocycles. The van der Waals surface area contributed by atoms with Gasteiger partial charge in [0.05, 0.1) is 10.2 Å². The summed E-state index contributed by atoms with van der Waals surface area (Å²) in [4.78, 5) is 4.43. The molecule has 0 fully saturated rings. The lowest BCUT2D eigenvalue weighted by Gasteiger charge is -2.14. The van der Waals surface area contributed by atoms with Crippen molar-refractivity contribution in [2.24, 2.45) is 5.92 Å². The molecule has 0 spiro atoms. The first-order chi connectivity index (χ1) is 9.22. The molecule has 0 bridgehead atoms. The summed E-state index contributed by atoms with van der Waals surface area (Å²) in [5.74, 6) is 0.474. The molecule has 1 aromatic heterocycles. The first-order valence-electron chi connectivity index (χ1n) is 7.02. The summed E-state index contributed by atoms with van der Waals surface area (Å²) < 4.78 is 14.1. The minimum Gasteiger partial charge on any atom is -0.361 e. The van der Waals surface area contributed by atoms with E-state index in [1.54, 1.807) is 17.4 Å². The zero-order valence-electron chi connectivity index (χ0n) is 11.6. The Morgan fingerprint density at radius 1 is 1.37 bits per heavy atom. The van der Waals surface area contributed by atoms with Crippen LogP contribution in [0.3, 0.4) is 0 Å². The van der Waals surface area contributed by atoms with Crippen LogP contribution in [0.1, 0.15) is 39.5 Å². The van der Waals surface area contributed by atoms with E-state index in [0.29, 0.717) is 5.92 Å². The third-order valence-corrected chi connectivity index (χ3v) is 4.43. The van der Waals surface area contributed by atoms with E-state index in [-0.39, 0.29) is 5.82 Å². The summed E-state index contributed by atoms with van der Waals surface area (Å²) in [5, 5.41) is 4.30. The predicted octanol–water partition coefficient (Wildman–Crippen LogP) is 5.06. The lowest BCUT2D eigenvalue weighted by atomic mass is 10.00. The fourth-order valence-corrected chi connectivity index (χ4v) is 3.00. The van der Waals surface area contributed by atoms with Gasteiger partial charge in [-0.15, -0.1) is 0 Å². The minimum atomic E-state index is -0.223. The molecule has 2 rings (SSSR count). The van der Waals surface area contributed by atoms with Crippen LogP contribution in [0.15, 0.2) is 18.2 Å². The molecule has 4 heteroatoms. The van der Waals surface area contributed by atoms with Gasteiger partial charge in [0.1, 0.15) is 5.82 Å². The van der Waals surface area contributed by atoms with Crippen LogP contribution in [0, 0.1) is 11.7 Å². The zero-order valence-corrected chi connectivity index (χ0v) is 12.4. The Bertz CT molecular complexity index is 524. The number of fused-ring (bicyclic) bond motifs is 1. The van der Waals surface area contributed by atoms with Gasteiger partial charge in [-0.1, -0.05) is 44.4 Å². The Kier molecular flexibility index (Phi) is 5.14. The van der Waals surface area contributed by atoms with E-state index >= 15 is 0 Å². The van der Waals surface area contributed by atoms with Gasteiger partial charge in [0, 0.05) is 12.6 Å². The molecule has 1 N–H and O–H groups in total. The molecule has 2 nitrogen and oxygen atoms in total. The number of nitrogens with one attached hydrogen (secondary N) is 1. The van der Waals surface area contributed by atoms with Crippen LogP contribution in [-0.4, -0.2) is 11.5 Å². The lowest BCUT2D eigenvalue weighted by Crippen LogP contribution is -2.13. The molecular weight excluding hydrogens is 259 g/mol. The number of hydrogen-bond acceptors (Lipinski definition) is 3. The van der Waals surface area contributed by atoms with Crippen molar-refractivity contribution in [3.63, 3.8) is 0 Å². The van der Waals surface area contributed by atoms with Crippen LogP contribution >= 0.6 is 11.3 Å². The topological polar surface area (TPSA) is 24.9 Å². The van der Waals surface area contributed by atoms with Gasteiger partial charge in [-0.25, -0.2) is 9.37 Å². The number of anilines is 1. The van der Waals surface area contributed by atoms with Crippen LogP contribution in [0.5, 0.6) is 0 Å². The number of thiazole rings is 1. The molecule has 2 aromatic rings. The Morgan fingerprint density at radius 3 is 2.95 bits per heavy atom. The lowest BCUT2D eigenvalue weighted by molar-refractivity contribution is 0.473. The van der Waals surface area contributed by atoms with Gasteiger partial charge < -0.3 is 5.32 Å². The summed E-state index contributed by atoms with van der Waals surface area (Å²) in [5.41, 5.74) is 0.745. The monoisotopic (exact) mass is 280 g/mol. The fraction of sp³-hybridized carbons (Fsp3) is 0.533. The Balaban J connectivity index is 1.97. The molecular formula is C15H21FN2S. The zero-order chi connectivity index (χ0) is 13.7. The summed E-state index contributed by atoms with van der Waals surface area (Å²) in [6, 6.07) is 4.77. The van der Waals surface area contributed by atoms with Crippen molar-refractivity contribution < 1.29 is 4.39 Å². The summed E-state index contributed by atoms with van der Waals surface area (Å²) >= 11 is 1.59. The summed E-state index contributed by atoms with van der Waals surface area (Å²) in [7, 11) is 0. The van der Waals surface area contributed by atoms with Crippen LogP contribution in [0.4, 0.5) is 9.52 Å². The van der Waals surface area contributed by atoms with E-state index in [1.807, 2.05) is 0 Å². The number of benzene rings is 1. The summed E-state index contributed by atoms with van der Waals surface area (Å²) in [6.45, 7) is 5.41. The van der Waals surface area contributed by atoms with E-state index < -0.39 is 0 Å². The first-order valence-corrected chi connectivity index (χ1v) is 7.84. The number of halogens is 1.